The minimum atomic E-state index is -0.323. The predicted molar refractivity (Wildman–Crippen MR) is 89.8 cm³/mol. The molecule has 1 aromatic carbocycles. The van der Waals surface area contributed by atoms with E-state index in [0.29, 0.717) is 17.9 Å². The number of esters is 1. The summed E-state index contributed by atoms with van der Waals surface area (Å²) >= 11 is 0. The normalized spacial score (nSPS) is 18.5. The lowest BCUT2D eigenvalue weighted by Gasteiger charge is -2.32. The fourth-order valence-corrected chi connectivity index (χ4v) is 3.16. The van der Waals surface area contributed by atoms with E-state index in [9.17, 15) is 9.90 Å². The number of phenols is 1. The second-order valence-electron chi connectivity index (χ2n) is 6.13. The molecular weight excluding hydrogens is 306 g/mol. The molecule has 128 valence electrons. The SMILES string of the molecule is CCOC(=O)c1cnn([C@@H]2CCCN(Cc3cccc(O)c3)C2)c1. The number of rotatable bonds is 5. The summed E-state index contributed by atoms with van der Waals surface area (Å²) in [5.41, 5.74) is 1.60. The lowest BCUT2D eigenvalue weighted by atomic mass is 10.0. The summed E-state index contributed by atoms with van der Waals surface area (Å²) in [5.74, 6) is -0.0246. The largest absolute Gasteiger partial charge is 0.508 e. The quantitative estimate of drug-likeness (QED) is 0.854. The summed E-state index contributed by atoms with van der Waals surface area (Å²) in [5, 5.41) is 13.9. The molecule has 0 aliphatic carbocycles. The number of carbonyl (C=O) groups is 1. The van der Waals surface area contributed by atoms with Crippen LogP contribution in [0.1, 0.15) is 41.7 Å². The highest BCUT2D eigenvalue weighted by atomic mass is 16.5. The smallest absolute Gasteiger partial charge is 0.341 e. The van der Waals surface area contributed by atoms with Crippen LogP contribution in [0.3, 0.4) is 0 Å². The number of aromatic hydroxyl groups is 1. The number of hydrogen-bond donors (Lipinski definition) is 1. The zero-order chi connectivity index (χ0) is 16.9. The molecule has 6 nitrogen and oxygen atoms in total. The molecule has 0 radical (unpaired) electrons. The zero-order valence-electron chi connectivity index (χ0n) is 13.9. The molecule has 6 heteroatoms. The van der Waals surface area contributed by atoms with Crippen molar-refractivity contribution < 1.29 is 14.6 Å². The Kier molecular flexibility index (Phi) is 5.15. The third-order valence-electron chi connectivity index (χ3n) is 4.28. The molecule has 0 unspecified atom stereocenters. The third-order valence-corrected chi connectivity index (χ3v) is 4.28. The summed E-state index contributed by atoms with van der Waals surface area (Å²) in [6.45, 7) is 4.86. The second kappa shape index (κ2) is 7.49. The van der Waals surface area contributed by atoms with Gasteiger partial charge in [0.2, 0.25) is 0 Å². The van der Waals surface area contributed by atoms with Crippen molar-refractivity contribution in [1.29, 1.82) is 0 Å². The first-order valence-electron chi connectivity index (χ1n) is 8.37. The Bertz CT molecular complexity index is 698. The monoisotopic (exact) mass is 329 g/mol. The van der Waals surface area contributed by atoms with Gasteiger partial charge in [0.05, 0.1) is 24.4 Å². The average molecular weight is 329 g/mol. The molecular formula is C18H23N3O3. The summed E-state index contributed by atoms with van der Waals surface area (Å²) in [6, 6.07) is 7.63. The fraction of sp³-hybridized carbons (Fsp3) is 0.444. The number of likely N-dealkylation sites (tertiary alicyclic amines) is 1. The topological polar surface area (TPSA) is 67.6 Å². The first-order chi connectivity index (χ1) is 11.7. The molecule has 2 aromatic rings. The van der Waals surface area contributed by atoms with Gasteiger partial charge in [0.25, 0.3) is 0 Å². The van der Waals surface area contributed by atoms with Crippen molar-refractivity contribution in [3.05, 3.63) is 47.8 Å². The summed E-state index contributed by atoms with van der Waals surface area (Å²) < 4.78 is 6.89. The van der Waals surface area contributed by atoms with Crippen LogP contribution in [0.4, 0.5) is 0 Å². The van der Waals surface area contributed by atoms with Crippen molar-refractivity contribution in [2.75, 3.05) is 19.7 Å². The number of carbonyl (C=O) groups excluding carboxylic acids is 1. The van der Waals surface area contributed by atoms with E-state index in [1.54, 1.807) is 31.5 Å². The molecule has 1 aromatic heterocycles. The number of benzene rings is 1. The maximum absolute atomic E-state index is 11.8. The first-order valence-corrected chi connectivity index (χ1v) is 8.37. The minimum Gasteiger partial charge on any atom is -0.508 e. The number of hydrogen-bond acceptors (Lipinski definition) is 5. The van der Waals surface area contributed by atoms with E-state index in [-0.39, 0.29) is 12.0 Å². The van der Waals surface area contributed by atoms with Crippen molar-refractivity contribution in [3.63, 3.8) is 0 Å². The Morgan fingerprint density at radius 2 is 2.33 bits per heavy atom. The maximum Gasteiger partial charge on any atom is 0.341 e. The molecule has 2 heterocycles. The van der Waals surface area contributed by atoms with Crippen molar-refractivity contribution >= 4 is 5.97 Å². The van der Waals surface area contributed by atoms with Crippen molar-refractivity contribution in [2.45, 2.75) is 32.4 Å². The first kappa shape index (κ1) is 16.5. The minimum absolute atomic E-state index is 0.249. The van der Waals surface area contributed by atoms with Crippen LogP contribution in [0.25, 0.3) is 0 Å². The van der Waals surface area contributed by atoms with Crippen LogP contribution in [0.15, 0.2) is 36.7 Å². The summed E-state index contributed by atoms with van der Waals surface area (Å²) in [7, 11) is 0. The molecule has 1 aliphatic heterocycles. The highest BCUT2D eigenvalue weighted by molar-refractivity contribution is 5.88. The number of ether oxygens (including phenoxy) is 1. The van der Waals surface area contributed by atoms with E-state index in [2.05, 4.69) is 10.00 Å². The highest BCUT2D eigenvalue weighted by Gasteiger charge is 2.23. The standard InChI is InChI=1S/C18H23N3O3/c1-2-24-18(23)15-10-19-21(12-15)16-6-4-8-20(13-16)11-14-5-3-7-17(22)9-14/h3,5,7,9-10,12,16,22H,2,4,6,8,11,13H2,1H3/t16-/m1/s1. The van der Waals surface area contributed by atoms with Crippen LogP contribution < -0.4 is 0 Å². The zero-order valence-corrected chi connectivity index (χ0v) is 13.9. The van der Waals surface area contributed by atoms with Gasteiger partial charge < -0.3 is 9.84 Å². The van der Waals surface area contributed by atoms with Gasteiger partial charge in [-0.2, -0.15) is 5.10 Å². The molecule has 0 saturated carbocycles. The van der Waals surface area contributed by atoms with Gasteiger partial charge in [-0.3, -0.25) is 9.58 Å². The molecule has 0 bridgehead atoms. The van der Waals surface area contributed by atoms with Gasteiger partial charge in [-0.1, -0.05) is 12.1 Å². The molecule has 3 rings (SSSR count). The highest BCUT2D eigenvalue weighted by Crippen LogP contribution is 2.23. The molecule has 24 heavy (non-hydrogen) atoms. The Hall–Kier alpha value is -2.34. The third kappa shape index (κ3) is 3.94. The van der Waals surface area contributed by atoms with Gasteiger partial charge in [-0.25, -0.2) is 4.79 Å². The van der Waals surface area contributed by atoms with Gasteiger partial charge in [-0.15, -0.1) is 0 Å². The van der Waals surface area contributed by atoms with Crippen LogP contribution in [-0.2, 0) is 11.3 Å². The van der Waals surface area contributed by atoms with E-state index in [4.69, 9.17) is 4.74 Å². The lowest BCUT2D eigenvalue weighted by Crippen LogP contribution is -2.36. The van der Waals surface area contributed by atoms with E-state index in [1.807, 2.05) is 16.8 Å². The van der Waals surface area contributed by atoms with Crippen molar-refractivity contribution in [1.82, 2.24) is 14.7 Å². The van der Waals surface area contributed by atoms with Crippen LogP contribution in [0, 0.1) is 0 Å². The average Bonchev–Trinajstić information content (AvgIpc) is 3.05. The van der Waals surface area contributed by atoms with Gasteiger partial charge in [-0.05, 0) is 44.0 Å². The fourth-order valence-electron chi connectivity index (χ4n) is 3.16. The maximum atomic E-state index is 11.8. The predicted octanol–water partition coefficient (Wildman–Crippen LogP) is 2.60. The van der Waals surface area contributed by atoms with Gasteiger partial charge in [0.15, 0.2) is 0 Å². The van der Waals surface area contributed by atoms with Gasteiger partial charge in [0.1, 0.15) is 5.75 Å². The Balaban J connectivity index is 1.64. The van der Waals surface area contributed by atoms with Crippen LogP contribution in [-0.4, -0.2) is 45.5 Å². The van der Waals surface area contributed by atoms with E-state index >= 15 is 0 Å². The van der Waals surface area contributed by atoms with Gasteiger partial charge in [0, 0.05) is 19.3 Å². The van der Waals surface area contributed by atoms with Crippen LogP contribution >= 0.6 is 0 Å². The Morgan fingerprint density at radius 1 is 1.46 bits per heavy atom. The van der Waals surface area contributed by atoms with E-state index in [1.165, 1.54) is 0 Å². The molecule has 1 atom stereocenters. The molecule has 1 N–H and O–H groups in total. The Morgan fingerprint density at radius 3 is 3.12 bits per heavy atom. The van der Waals surface area contributed by atoms with Crippen molar-refractivity contribution in [2.24, 2.45) is 0 Å². The number of nitrogens with zero attached hydrogens (tertiary/aromatic N) is 3. The van der Waals surface area contributed by atoms with Crippen LogP contribution in [0.2, 0.25) is 0 Å². The molecule has 1 aliphatic rings. The van der Waals surface area contributed by atoms with E-state index in [0.717, 1.165) is 38.0 Å². The van der Waals surface area contributed by atoms with E-state index < -0.39 is 0 Å². The lowest BCUT2D eigenvalue weighted by molar-refractivity contribution is 0.0526. The number of phenolic OH excluding ortho intramolecular Hbond substituents is 1. The van der Waals surface area contributed by atoms with Crippen molar-refractivity contribution in [3.8, 4) is 5.75 Å². The second-order valence-corrected chi connectivity index (χ2v) is 6.13. The molecule has 0 amide bonds. The number of aromatic nitrogens is 2. The van der Waals surface area contributed by atoms with Gasteiger partial charge >= 0.3 is 5.97 Å². The molecule has 0 spiro atoms. The summed E-state index contributed by atoms with van der Waals surface area (Å²) in [4.78, 5) is 14.1. The van der Waals surface area contributed by atoms with Crippen LogP contribution in [0.5, 0.6) is 5.75 Å². The Labute approximate surface area is 141 Å². The molecule has 1 saturated heterocycles. The number of piperidine rings is 1. The summed E-state index contributed by atoms with van der Waals surface area (Å²) in [6.07, 6.45) is 5.48. The molecule has 1 fully saturated rings.